The van der Waals surface area contributed by atoms with Gasteiger partial charge in [0.1, 0.15) is 17.0 Å². The van der Waals surface area contributed by atoms with Crippen LogP contribution in [0.1, 0.15) is 43.1 Å². The zero-order chi connectivity index (χ0) is 23.0. The smallest absolute Gasteiger partial charge is 0.426 e. The highest BCUT2D eigenvalue weighted by Gasteiger charge is 2.16. The van der Waals surface area contributed by atoms with Gasteiger partial charge in [0.05, 0.1) is 11.3 Å². The van der Waals surface area contributed by atoms with E-state index in [1.54, 1.807) is 32.9 Å². The molecule has 0 spiro atoms. The number of aromatic hydroxyl groups is 1. The number of phenolic OH excluding ortho intramolecular Hbond substituents is 1. The van der Waals surface area contributed by atoms with Crippen LogP contribution in [-0.4, -0.2) is 33.8 Å². The maximum absolute atomic E-state index is 11.9. The lowest BCUT2D eigenvalue weighted by molar-refractivity contribution is -0.122. The van der Waals surface area contributed by atoms with Crippen LogP contribution >= 0.6 is 0 Å². The third kappa shape index (κ3) is 7.77. The zero-order valence-corrected chi connectivity index (χ0v) is 17.4. The Balaban J connectivity index is 1.98. The monoisotopic (exact) mass is 428 g/mol. The van der Waals surface area contributed by atoms with Gasteiger partial charge in [0.15, 0.2) is 0 Å². The van der Waals surface area contributed by atoms with Gasteiger partial charge in [-0.2, -0.15) is 5.11 Å². The van der Waals surface area contributed by atoms with Crippen LogP contribution in [0, 0.1) is 0 Å². The number of nitrogens with zero attached hydrogens (tertiary/aromatic N) is 2. The number of rotatable bonds is 6. The summed E-state index contributed by atoms with van der Waals surface area (Å²) in [5, 5.41) is 27.2. The summed E-state index contributed by atoms with van der Waals surface area (Å²) in [6.07, 6.45) is -0.637. The van der Waals surface area contributed by atoms with Gasteiger partial charge in [0.2, 0.25) is 5.91 Å². The van der Waals surface area contributed by atoms with Crippen molar-refractivity contribution < 1.29 is 29.3 Å². The molecule has 2 aromatic rings. The molecule has 10 heteroatoms. The first-order valence-electron chi connectivity index (χ1n) is 9.39. The minimum absolute atomic E-state index is 0.0133. The quantitative estimate of drug-likeness (QED) is 0.403. The average Bonchev–Trinajstić information content (AvgIpc) is 2.69. The van der Waals surface area contributed by atoms with Gasteiger partial charge in [-0.15, -0.1) is 5.11 Å². The number of carbonyl (C=O) groups is 3. The number of azo groups is 1. The number of ether oxygens (including phenoxy) is 1. The summed E-state index contributed by atoms with van der Waals surface area (Å²) in [5.41, 5.74) is 4.71. The summed E-state index contributed by atoms with van der Waals surface area (Å²) < 4.78 is 5.01. The number of carboxylic acid groups (broad SMARTS) is 1. The number of nitrogens with one attached hydrogen (secondary N) is 2. The number of carbonyl (C=O) groups excluding carboxylic acids is 2. The van der Waals surface area contributed by atoms with E-state index in [1.807, 2.05) is 0 Å². The van der Waals surface area contributed by atoms with Crippen molar-refractivity contribution in [3.8, 4) is 5.75 Å². The Labute approximate surface area is 178 Å². The lowest BCUT2D eigenvalue weighted by Gasteiger charge is -2.19. The van der Waals surface area contributed by atoms with Crippen LogP contribution in [0.3, 0.4) is 0 Å². The SMILES string of the molecule is CC(C)(C)OC(=O)NNC(=O)CCc1cc(/N=N/c2ccccc2C(=O)O)ccc1O. The average molecular weight is 428 g/mol. The molecule has 0 saturated carbocycles. The molecule has 0 aliphatic rings. The van der Waals surface area contributed by atoms with Crippen molar-refractivity contribution in [2.75, 3.05) is 0 Å². The van der Waals surface area contributed by atoms with Gasteiger partial charge in [-0.3, -0.25) is 10.2 Å². The Kier molecular flexibility index (Phi) is 7.67. The molecule has 0 aromatic heterocycles. The molecule has 0 heterocycles. The standard InChI is InChI=1S/C21H24N4O6/c1-21(2,3)31-20(30)25-24-18(27)11-8-13-12-14(9-10-17(13)26)22-23-16-7-5-4-6-15(16)19(28)29/h4-7,9-10,12,26H,8,11H2,1-3H3,(H,24,27)(H,25,30)(H,28,29)/b23-22+. The molecule has 0 aliphatic carbocycles. The summed E-state index contributed by atoms with van der Waals surface area (Å²) in [6, 6.07) is 10.6. The number of benzene rings is 2. The van der Waals surface area contributed by atoms with E-state index in [9.17, 15) is 24.6 Å². The molecule has 0 fully saturated rings. The van der Waals surface area contributed by atoms with Gasteiger partial charge in [0.25, 0.3) is 0 Å². The lowest BCUT2D eigenvalue weighted by Crippen LogP contribution is -2.44. The number of aryl methyl sites for hydroxylation is 1. The molecule has 164 valence electrons. The highest BCUT2D eigenvalue weighted by molar-refractivity contribution is 5.93. The fourth-order valence-electron chi connectivity index (χ4n) is 2.42. The van der Waals surface area contributed by atoms with Crippen molar-refractivity contribution in [2.45, 2.75) is 39.2 Å². The molecule has 0 radical (unpaired) electrons. The van der Waals surface area contributed by atoms with Crippen LogP contribution in [0.5, 0.6) is 5.75 Å². The second-order valence-corrected chi connectivity index (χ2v) is 7.51. The molecule has 10 nitrogen and oxygen atoms in total. The summed E-state index contributed by atoms with van der Waals surface area (Å²) in [5.74, 6) is -1.63. The first-order valence-corrected chi connectivity index (χ1v) is 9.39. The molecule has 0 bridgehead atoms. The maximum atomic E-state index is 11.9. The van der Waals surface area contributed by atoms with E-state index in [-0.39, 0.29) is 29.8 Å². The van der Waals surface area contributed by atoms with Crippen LogP contribution in [0.15, 0.2) is 52.7 Å². The van der Waals surface area contributed by atoms with Crippen LogP contribution in [0.4, 0.5) is 16.2 Å². The number of phenols is 1. The third-order valence-electron chi connectivity index (χ3n) is 3.80. The summed E-state index contributed by atoms with van der Waals surface area (Å²) in [6.45, 7) is 5.09. The summed E-state index contributed by atoms with van der Waals surface area (Å²) >= 11 is 0. The predicted octanol–water partition coefficient (Wildman–Crippen LogP) is 3.99. The molecule has 0 unspecified atom stereocenters. The van der Waals surface area contributed by atoms with Crippen molar-refractivity contribution in [3.05, 3.63) is 53.6 Å². The van der Waals surface area contributed by atoms with Crippen molar-refractivity contribution in [1.82, 2.24) is 10.9 Å². The molecule has 2 aromatic carbocycles. The topological polar surface area (TPSA) is 150 Å². The van der Waals surface area contributed by atoms with Crippen LogP contribution in [-0.2, 0) is 16.0 Å². The Morgan fingerprint density at radius 2 is 1.74 bits per heavy atom. The van der Waals surface area contributed by atoms with E-state index < -0.39 is 23.6 Å². The van der Waals surface area contributed by atoms with Gasteiger partial charge < -0.3 is 14.9 Å². The van der Waals surface area contributed by atoms with Gasteiger partial charge in [0, 0.05) is 6.42 Å². The van der Waals surface area contributed by atoms with E-state index in [0.29, 0.717) is 11.3 Å². The maximum Gasteiger partial charge on any atom is 0.426 e. The largest absolute Gasteiger partial charge is 0.508 e. The second kappa shape index (κ2) is 10.2. The molecule has 0 saturated heterocycles. The fraction of sp³-hybridized carbons (Fsp3) is 0.286. The highest BCUT2D eigenvalue weighted by Crippen LogP contribution is 2.27. The van der Waals surface area contributed by atoms with Gasteiger partial charge in [-0.1, -0.05) is 12.1 Å². The van der Waals surface area contributed by atoms with Gasteiger partial charge in [-0.25, -0.2) is 15.0 Å². The first kappa shape index (κ1) is 23.3. The number of aromatic carboxylic acids is 1. The molecule has 0 aliphatic heterocycles. The number of amides is 2. The molecule has 0 atom stereocenters. The summed E-state index contributed by atoms with van der Waals surface area (Å²) in [7, 11) is 0. The molecule has 31 heavy (non-hydrogen) atoms. The summed E-state index contributed by atoms with van der Waals surface area (Å²) in [4.78, 5) is 34.7. The zero-order valence-electron chi connectivity index (χ0n) is 17.4. The Morgan fingerprint density at radius 1 is 1.03 bits per heavy atom. The van der Waals surface area contributed by atoms with Crippen molar-refractivity contribution in [1.29, 1.82) is 0 Å². The first-order chi connectivity index (χ1) is 14.5. The molecule has 2 rings (SSSR count). The Morgan fingerprint density at radius 3 is 2.42 bits per heavy atom. The number of hydrogen-bond donors (Lipinski definition) is 4. The van der Waals surface area contributed by atoms with E-state index in [2.05, 4.69) is 21.1 Å². The van der Waals surface area contributed by atoms with E-state index in [1.165, 1.54) is 30.3 Å². The van der Waals surface area contributed by atoms with Crippen molar-refractivity contribution in [2.24, 2.45) is 10.2 Å². The second-order valence-electron chi connectivity index (χ2n) is 7.51. The third-order valence-corrected chi connectivity index (χ3v) is 3.80. The number of hydrogen-bond acceptors (Lipinski definition) is 7. The van der Waals surface area contributed by atoms with E-state index in [0.717, 1.165) is 0 Å². The van der Waals surface area contributed by atoms with Crippen LogP contribution < -0.4 is 10.9 Å². The Bertz CT molecular complexity index is 998. The highest BCUT2D eigenvalue weighted by atomic mass is 16.6. The van der Waals surface area contributed by atoms with E-state index >= 15 is 0 Å². The molecular formula is C21H24N4O6. The lowest BCUT2D eigenvalue weighted by atomic mass is 10.1. The van der Waals surface area contributed by atoms with Crippen molar-refractivity contribution >= 4 is 29.3 Å². The number of hydrazine groups is 1. The molecule has 2 amide bonds. The molecule has 4 N–H and O–H groups in total. The van der Waals surface area contributed by atoms with E-state index in [4.69, 9.17) is 4.74 Å². The minimum Gasteiger partial charge on any atom is -0.508 e. The van der Waals surface area contributed by atoms with Crippen molar-refractivity contribution in [3.63, 3.8) is 0 Å². The molecular weight excluding hydrogens is 404 g/mol. The minimum atomic E-state index is -1.12. The van der Waals surface area contributed by atoms with Crippen LogP contribution in [0.25, 0.3) is 0 Å². The fourth-order valence-corrected chi connectivity index (χ4v) is 2.42. The number of carboxylic acids is 1. The normalized spacial score (nSPS) is 11.2. The van der Waals surface area contributed by atoms with Crippen LogP contribution in [0.2, 0.25) is 0 Å². The predicted molar refractivity (Wildman–Crippen MR) is 112 cm³/mol. The Hall–Kier alpha value is -3.95. The van der Waals surface area contributed by atoms with Gasteiger partial charge >= 0.3 is 12.1 Å². The van der Waals surface area contributed by atoms with Gasteiger partial charge in [-0.05, 0) is 63.1 Å².